The van der Waals surface area contributed by atoms with Gasteiger partial charge in [-0.25, -0.2) is 0 Å². The van der Waals surface area contributed by atoms with Gasteiger partial charge in [-0.05, 0) is 62.4 Å². The summed E-state index contributed by atoms with van der Waals surface area (Å²) < 4.78 is 0. The van der Waals surface area contributed by atoms with Crippen molar-refractivity contribution in [2.45, 2.75) is 32.1 Å². The number of benzene rings is 1. The zero-order valence-corrected chi connectivity index (χ0v) is 14.7. The molecule has 0 atom stereocenters. The summed E-state index contributed by atoms with van der Waals surface area (Å²) in [5, 5.41) is 14.6. The van der Waals surface area contributed by atoms with E-state index < -0.39 is 0 Å². The number of hydrogen-bond acceptors (Lipinski definition) is 4. The molecule has 25 heavy (non-hydrogen) atoms. The molecule has 0 aliphatic heterocycles. The van der Waals surface area contributed by atoms with Crippen LogP contribution in [0, 0.1) is 0 Å². The fourth-order valence-electron chi connectivity index (χ4n) is 2.79. The van der Waals surface area contributed by atoms with Gasteiger partial charge in [0.05, 0.1) is 0 Å². The molecule has 130 valence electrons. The molecule has 0 fully saturated rings. The molecule has 1 heterocycles. The van der Waals surface area contributed by atoms with Gasteiger partial charge in [0, 0.05) is 17.1 Å². The molecule has 0 spiro atoms. The second-order valence-electron chi connectivity index (χ2n) is 6.05. The van der Waals surface area contributed by atoms with Crippen molar-refractivity contribution in [3.63, 3.8) is 0 Å². The lowest BCUT2D eigenvalue weighted by Gasteiger charge is -2.13. The van der Waals surface area contributed by atoms with Gasteiger partial charge >= 0.3 is 0 Å². The molecule has 1 aromatic carbocycles. The van der Waals surface area contributed by atoms with Gasteiger partial charge in [-0.2, -0.15) is 0 Å². The highest BCUT2D eigenvalue weighted by Gasteiger charge is 2.08. The third kappa shape index (κ3) is 5.29. The standard InChI is InChI=1S/C19H21ClN4O/c20-16-8-4-7-15(13-16)19(25)22-18-10-9-17(23-24-18)21-12-11-14-5-2-1-3-6-14/h4-5,7-10,13H,1-3,6,11-12H2,(H,21,23)(H,22,24,25). The van der Waals surface area contributed by atoms with Crippen LogP contribution in [0.2, 0.25) is 5.02 Å². The van der Waals surface area contributed by atoms with E-state index in [1.54, 1.807) is 30.3 Å². The first kappa shape index (κ1) is 17.4. The van der Waals surface area contributed by atoms with E-state index >= 15 is 0 Å². The lowest BCUT2D eigenvalue weighted by Crippen LogP contribution is -2.14. The molecule has 0 saturated carbocycles. The number of allylic oxidation sites excluding steroid dienone is 1. The molecule has 1 aliphatic rings. The van der Waals surface area contributed by atoms with Crippen LogP contribution in [-0.4, -0.2) is 22.6 Å². The van der Waals surface area contributed by atoms with Crippen LogP contribution in [0.15, 0.2) is 48.0 Å². The van der Waals surface area contributed by atoms with Crippen molar-refractivity contribution in [1.29, 1.82) is 0 Å². The average Bonchev–Trinajstić information content (AvgIpc) is 2.64. The minimum absolute atomic E-state index is 0.262. The fraction of sp³-hybridized carbons (Fsp3) is 0.316. The van der Waals surface area contributed by atoms with Crippen molar-refractivity contribution in [3.05, 3.63) is 58.6 Å². The Morgan fingerprint density at radius 1 is 1.12 bits per heavy atom. The van der Waals surface area contributed by atoms with Crippen molar-refractivity contribution >= 4 is 29.1 Å². The number of halogens is 1. The smallest absolute Gasteiger partial charge is 0.256 e. The summed E-state index contributed by atoms with van der Waals surface area (Å²) in [5.74, 6) is 0.851. The molecule has 0 unspecified atom stereocenters. The Labute approximate surface area is 152 Å². The molecule has 0 radical (unpaired) electrons. The third-order valence-electron chi connectivity index (χ3n) is 4.13. The molecule has 1 amide bonds. The SMILES string of the molecule is O=C(Nc1ccc(NCCC2=CCCCC2)nn1)c1cccc(Cl)c1. The van der Waals surface area contributed by atoms with Gasteiger partial charge in [0.15, 0.2) is 5.82 Å². The summed E-state index contributed by atoms with van der Waals surface area (Å²) in [6.45, 7) is 0.842. The summed E-state index contributed by atoms with van der Waals surface area (Å²) in [7, 11) is 0. The maximum Gasteiger partial charge on any atom is 0.256 e. The second kappa shape index (κ2) is 8.62. The monoisotopic (exact) mass is 356 g/mol. The summed E-state index contributed by atoms with van der Waals surface area (Å²) in [4.78, 5) is 12.1. The molecular weight excluding hydrogens is 336 g/mol. The predicted octanol–water partition coefficient (Wildman–Crippen LogP) is 4.68. The molecule has 1 aliphatic carbocycles. The van der Waals surface area contributed by atoms with Gasteiger partial charge in [0.1, 0.15) is 5.82 Å². The highest BCUT2D eigenvalue weighted by atomic mass is 35.5. The average molecular weight is 357 g/mol. The summed E-state index contributed by atoms with van der Waals surface area (Å²) in [6, 6.07) is 10.3. The Morgan fingerprint density at radius 2 is 1.96 bits per heavy atom. The van der Waals surface area contributed by atoms with Crippen LogP contribution in [0.25, 0.3) is 0 Å². The third-order valence-corrected chi connectivity index (χ3v) is 4.37. The number of anilines is 2. The van der Waals surface area contributed by atoms with Crippen molar-refractivity contribution in [3.8, 4) is 0 Å². The minimum atomic E-state index is -0.262. The molecule has 0 bridgehead atoms. The highest BCUT2D eigenvalue weighted by Crippen LogP contribution is 2.20. The first-order valence-electron chi connectivity index (χ1n) is 8.53. The molecule has 0 saturated heterocycles. The molecule has 2 N–H and O–H groups in total. The lowest BCUT2D eigenvalue weighted by molar-refractivity contribution is 0.102. The number of nitrogens with one attached hydrogen (secondary N) is 2. The van der Waals surface area contributed by atoms with Crippen molar-refractivity contribution in [1.82, 2.24) is 10.2 Å². The van der Waals surface area contributed by atoms with E-state index in [0.29, 0.717) is 22.2 Å². The molecular formula is C19H21ClN4O. The lowest BCUT2D eigenvalue weighted by atomic mass is 9.97. The van der Waals surface area contributed by atoms with Crippen molar-refractivity contribution in [2.75, 3.05) is 17.2 Å². The van der Waals surface area contributed by atoms with Crippen LogP contribution in [0.1, 0.15) is 42.5 Å². The number of aromatic nitrogens is 2. The maximum absolute atomic E-state index is 12.1. The Bertz CT molecular complexity index is 758. The largest absolute Gasteiger partial charge is 0.368 e. The van der Waals surface area contributed by atoms with Crippen LogP contribution in [-0.2, 0) is 0 Å². The molecule has 3 rings (SSSR count). The van der Waals surface area contributed by atoms with Crippen molar-refractivity contribution in [2.24, 2.45) is 0 Å². The molecule has 2 aromatic rings. The Morgan fingerprint density at radius 3 is 2.68 bits per heavy atom. The zero-order chi connectivity index (χ0) is 17.5. The molecule has 6 heteroatoms. The van der Waals surface area contributed by atoms with Crippen LogP contribution < -0.4 is 10.6 Å². The van der Waals surface area contributed by atoms with E-state index in [2.05, 4.69) is 26.9 Å². The number of rotatable bonds is 6. The Balaban J connectivity index is 1.50. The Kier molecular flexibility index (Phi) is 6.01. The van der Waals surface area contributed by atoms with Gasteiger partial charge in [-0.1, -0.05) is 29.3 Å². The minimum Gasteiger partial charge on any atom is -0.368 e. The summed E-state index contributed by atoms with van der Waals surface area (Å²) in [5.41, 5.74) is 2.01. The number of hydrogen-bond donors (Lipinski definition) is 2. The van der Waals surface area contributed by atoms with E-state index in [1.165, 1.54) is 31.3 Å². The maximum atomic E-state index is 12.1. The first-order valence-corrected chi connectivity index (χ1v) is 8.91. The van der Waals surface area contributed by atoms with Crippen LogP contribution in [0.3, 0.4) is 0 Å². The van der Waals surface area contributed by atoms with Crippen LogP contribution in [0.5, 0.6) is 0 Å². The number of nitrogens with zero attached hydrogens (tertiary/aromatic N) is 2. The predicted molar refractivity (Wildman–Crippen MR) is 101 cm³/mol. The number of amides is 1. The highest BCUT2D eigenvalue weighted by molar-refractivity contribution is 6.31. The second-order valence-corrected chi connectivity index (χ2v) is 6.49. The fourth-order valence-corrected chi connectivity index (χ4v) is 2.98. The Hall–Kier alpha value is -2.40. The van der Waals surface area contributed by atoms with Gasteiger partial charge in [-0.15, -0.1) is 10.2 Å². The number of carbonyl (C=O) groups excluding carboxylic acids is 1. The first-order chi connectivity index (χ1) is 12.2. The molecule has 5 nitrogen and oxygen atoms in total. The molecule has 1 aromatic heterocycles. The van der Waals surface area contributed by atoms with E-state index in [1.807, 2.05) is 6.07 Å². The van der Waals surface area contributed by atoms with E-state index in [0.717, 1.165) is 13.0 Å². The quantitative estimate of drug-likeness (QED) is 0.737. The normalized spacial score (nSPS) is 13.9. The van der Waals surface area contributed by atoms with Gasteiger partial charge in [0.25, 0.3) is 5.91 Å². The van der Waals surface area contributed by atoms with Gasteiger partial charge in [0.2, 0.25) is 0 Å². The van der Waals surface area contributed by atoms with Gasteiger partial charge in [-0.3, -0.25) is 4.79 Å². The summed E-state index contributed by atoms with van der Waals surface area (Å²) in [6.07, 6.45) is 8.41. The van der Waals surface area contributed by atoms with Crippen molar-refractivity contribution < 1.29 is 4.79 Å². The van der Waals surface area contributed by atoms with E-state index in [-0.39, 0.29) is 5.91 Å². The number of carbonyl (C=O) groups is 1. The van der Waals surface area contributed by atoms with E-state index in [9.17, 15) is 4.79 Å². The van der Waals surface area contributed by atoms with Crippen LogP contribution >= 0.6 is 11.6 Å². The summed E-state index contributed by atoms with van der Waals surface area (Å²) >= 11 is 5.90. The van der Waals surface area contributed by atoms with Crippen LogP contribution in [0.4, 0.5) is 11.6 Å². The zero-order valence-electron chi connectivity index (χ0n) is 14.0. The van der Waals surface area contributed by atoms with E-state index in [4.69, 9.17) is 11.6 Å². The topological polar surface area (TPSA) is 66.9 Å². The van der Waals surface area contributed by atoms with Gasteiger partial charge < -0.3 is 10.6 Å².